The van der Waals surface area contributed by atoms with Crippen LogP contribution in [0.2, 0.25) is 0 Å². The molecule has 2 fully saturated rings. The number of pyridine rings is 1. The van der Waals surface area contributed by atoms with E-state index in [2.05, 4.69) is 4.98 Å². The topological polar surface area (TPSA) is 51.7 Å². The number of ether oxygens (including phenoxy) is 2. The second kappa shape index (κ2) is 6.01. The van der Waals surface area contributed by atoms with Gasteiger partial charge < -0.3 is 9.47 Å². The number of amides is 1. The van der Waals surface area contributed by atoms with Crippen LogP contribution in [0.1, 0.15) is 5.56 Å². The van der Waals surface area contributed by atoms with E-state index in [1.165, 1.54) is 16.7 Å². The number of hydrogen-bond donors (Lipinski definition) is 0. The van der Waals surface area contributed by atoms with Crippen molar-refractivity contribution < 1.29 is 14.3 Å². The van der Waals surface area contributed by atoms with Crippen molar-refractivity contribution in [3.63, 3.8) is 0 Å². The number of fused-ring (bicyclic) bond motifs is 1. The Morgan fingerprint density at radius 2 is 2.26 bits per heavy atom. The molecule has 0 aromatic carbocycles. The van der Waals surface area contributed by atoms with Gasteiger partial charge >= 0.3 is 0 Å². The molecule has 0 N–H and O–H groups in total. The highest BCUT2D eigenvalue weighted by atomic mass is 32.2. The van der Waals surface area contributed by atoms with Gasteiger partial charge in [0.05, 0.1) is 4.91 Å². The quantitative estimate of drug-likeness (QED) is 0.607. The average Bonchev–Trinajstić information content (AvgIpc) is 3.13. The van der Waals surface area contributed by atoms with E-state index < -0.39 is 0 Å². The minimum absolute atomic E-state index is 0.0805. The molecule has 0 unspecified atom stereocenters. The minimum atomic E-state index is -0.165. The summed E-state index contributed by atoms with van der Waals surface area (Å²) in [4.78, 5) is 18.9. The lowest BCUT2D eigenvalue weighted by molar-refractivity contribution is -0.120. The molecule has 3 aliphatic rings. The molecule has 7 heteroatoms. The zero-order valence-electron chi connectivity index (χ0n) is 11.9. The molecule has 4 rings (SSSR count). The van der Waals surface area contributed by atoms with Crippen molar-refractivity contribution in [2.45, 2.75) is 12.2 Å². The van der Waals surface area contributed by atoms with E-state index >= 15 is 0 Å². The summed E-state index contributed by atoms with van der Waals surface area (Å²) in [7, 11) is 0. The molecule has 2 atom stereocenters. The zero-order valence-corrected chi connectivity index (χ0v) is 13.5. The summed E-state index contributed by atoms with van der Waals surface area (Å²) in [6.07, 6.45) is 10.6. The Morgan fingerprint density at radius 3 is 3.09 bits per heavy atom. The number of thiocarbonyl (C=S) groups is 1. The molecule has 2 aliphatic heterocycles. The van der Waals surface area contributed by atoms with E-state index in [1.54, 1.807) is 18.5 Å². The SMILES string of the molecule is O=C1/C(=C/c2cccnc2)SC(=S)N1C1=C[C@@H]2OCO[C@@H]2C=C1. The standard InChI is InChI=1S/C16H12N2O3S2/c19-15-14(6-10-2-1-5-17-8-10)23-16(22)18(15)11-3-4-12-13(7-11)21-9-20-12/h1-8,12-13H,9H2/b14-6-/t12-,13+/m1/s1. The van der Waals surface area contributed by atoms with Crippen LogP contribution in [0.5, 0.6) is 0 Å². The van der Waals surface area contributed by atoms with Crippen LogP contribution in [-0.2, 0) is 14.3 Å². The van der Waals surface area contributed by atoms with Gasteiger partial charge in [-0.2, -0.15) is 0 Å². The molecule has 2 saturated heterocycles. The van der Waals surface area contributed by atoms with Crippen LogP contribution in [0.25, 0.3) is 6.08 Å². The maximum absolute atomic E-state index is 12.7. The maximum atomic E-state index is 12.7. The fourth-order valence-electron chi connectivity index (χ4n) is 2.56. The Kier molecular flexibility index (Phi) is 3.86. The Bertz CT molecular complexity index is 758. The molecule has 5 nitrogen and oxygen atoms in total. The summed E-state index contributed by atoms with van der Waals surface area (Å²) in [5.74, 6) is -0.128. The van der Waals surface area contributed by atoms with Gasteiger partial charge in [-0.25, -0.2) is 0 Å². The first-order valence-electron chi connectivity index (χ1n) is 7.03. The largest absolute Gasteiger partial charge is 0.345 e. The van der Waals surface area contributed by atoms with E-state index in [0.29, 0.717) is 9.23 Å². The summed E-state index contributed by atoms with van der Waals surface area (Å²) in [5, 5.41) is 0. The maximum Gasteiger partial charge on any atom is 0.270 e. The predicted molar refractivity (Wildman–Crippen MR) is 91.1 cm³/mol. The highest BCUT2D eigenvalue weighted by Crippen LogP contribution is 2.36. The Hall–Kier alpha value is -1.80. The van der Waals surface area contributed by atoms with Crippen molar-refractivity contribution in [1.29, 1.82) is 0 Å². The van der Waals surface area contributed by atoms with Gasteiger partial charge in [0.15, 0.2) is 4.32 Å². The summed E-state index contributed by atoms with van der Waals surface area (Å²) in [6, 6.07) is 3.73. The summed E-state index contributed by atoms with van der Waals surface area (Å²) >= 11 is 6.67. The van der Waals surface area contributed by atoms with Gasteiger partial charge in [0.1, 0.15) is 19.0 Å². The van der Waals surface area contributed by atoms with Gasteiger partial charge in [-0.15, -0.1) is 0 Å². The fourth-order valence-corrected chi connectivity index (χ4v) is 3.86. The normalized spacial score (nSPS) is 28.4. The summed E-state index contributed by atoms with van der Waals surface area (Å²) < 4.78 is 11.4. The van der Waals surface area contributed by atoms with Crippen molar-refractivity contribution in [2.75, 3.05) is 6.79 Å². The van der Waals surface area contributed by atoms with Crippen LogP contribution >= 0.6 is 24.0 Å². The average molecular weight is 344 g/mol. The lowest BCUT2D eigenvalue weighted by Gasteiger charge is -2.22. The van der Waals surface area contributed by atoms with Crippen molar-refractivity contribution in [2.24, 2.45) is 0 Å². The van der Waals surface area contributed by atoms with Crippen molar-refractivity contribution in [3.8, 4) is 0 Å². The minimum Gasteiger partial charge on any atom is -0.345 e. The Morgan fingerprint density at radius 1 is 1.39 bits per heavy atom. The molecule has 0 bridgehead atoms. The van der Waals surface area contributed by atoms with Crippen LogP contribution in [0.3, 0.4) is 0 Å². The van der Waals surface area contributed by atoms with Gasteiger partial charge in [0, 0.05) is 18.1 Å². The van der Waals surface area contributed by atoms with E-state index in [1.807, 2.05) is 30.4 Å². The molecular weight excluding hydrogens is 332 g/mol. The molecule has 0 spiro atoms. The van der Waals surface area contributed by atoms with Crippen LogP contribution < -0.4 is 0 Å². The zero-order chi connectivity index (χ0) is 15.8. The van der Waals surface area contributed by atoms with Crippen molar-refractivity contribution in [3.05, 3.63) is 58.9 Å². The third-order valence-corrected chi connectivity index (χ3v) is 4.97. The van der Waals surface area contributed by atoms with E-state index in [9.17, 15) is 4.79 Å². The molecule has 1 aromatic heterocycles. The van der Waals surface area contributed by atoms with Crippen molar-refractivity contribution in [1.82, 2.24) is 9.88 Å². The molecule has 1 amide bonds. The number of carbonyl (C=O) groups is 1. The van der Waals surface area contributed by atoms with Crippen LogP contribution in [-0.4, -0.2) is 39.1 Å². The molecule has 0 saturated carbocycles. The van der Waals surface area contributed by atoms with Crippen LogP contribution in [0, 0.1) is 0 Å². The van der Waals surface area contributed by atoms with Gasteiger partial charge in [-0.3, -0.25) is 14.7 Å². The highest BCUT2D eigenvalue weighted by Gasteiger charge is 2.37. The number of allylic oxidation sites excluding steroid dienone is 1. The number of aromatic nitrogens is 1. The van der Waals surface area contributed by atoms with Gasteiger partial charge in [-0.05, 0) is 29.9 Å². The molecule has 0 radical (unpaired) electrons. The number of rotatable bonds is 2. The number of thioether (sulfide) groups is 1. The monoisotopic (exact) mass is 344 g/mol. The lowest BCUT2D eigenvalue weighted by Crippen LogP contribution is -2.31. The first kappa shape index (κ1) is 14.8. The van der Waals surface area contributed by atoms with Crippen LogP contribution in [0.4, 0.5) is 0 Å². The molecule has 1 aromatic rings. The van der Waals surface area contributed by atoms with Gasteiger partial charge in [-0.1, -0.05) is 36.1 Å². The van der Waals surface area contributed by atoms with Crippen LogP contribution in [0.15, 0.2) is 53.4 Å². The lowest BCUT2D eigenvalue weighted by atomic mass is 10.1. The number of hydrogen-bond acceptors (Lipinski definition) is 6. The third kappa shape index (κ3) is 2.76. The number of carbonyl (C=O) groups excluding carboxylic acids is 1. The Balaban J connectivity index is 1.61. The first-order valence-corrected chi connectivity index (χ1v) is 8.26. The Labute approximate surface area is 142 Å². The predicted octanol–water partition coefficient (Wildman–Crippen LogP) is 2.48. The number of nitrogens with zero attached hydrogens (tertiary/aromatic N) is 2. The molecule has 1 aliphatic carbocycles. The second-order valence-corrected chi connectivity index (χ2v) is 6.81. The summed E-state index contributed by atoms with van der Waals surface area (Å²) in [6.45, 7) is 0.267. The second-order valence-electron chi connectivity index (χ2n) is 5.13. The highest BCUT2D eigenvalue weighted by molar-refractivity contribution is 8.26. The molecule has 116 valence electrons. The van der Waals surface area contributed by atoms with E-state index in [-0.39, 0.29) is 24.9 Å². The van der Waals surface area contributed by atoms with Crippen molar-refractivity contribution >= 4 is 40.3 Å². The summed E-state index contributed by atoms with van der Waals surface area (Å²) in [5.41, 5.74) is 1.60. The van der Waals surface area contributed by atoms with Gasteiger partial charge in [0.25, 0.3) is 5.91 Å². The molecular formula is C16H12N2O3S2. The fraction of sp³-hybridized carbons (Fsp3) is 0.188. The smallest absolute Gasteiger partial charge is 0.270 e. The van der Waals surface area contributed by atoms with Gasteiger partial charge in [0.2, 0.25) is 0 Å². The molecule has 23 heavy (non-hydrogen) atoms. The molecule has 3 heterocycles. The first-order chi connectivity index (χ1) is 11.2. The third-order valence-electron chi connectivity index (χ3n) is 3.67. The van der Waals surface area contributed by atoms with E-state index in [0.717, 1.165) is 11.3 Å². The van der Waals surface area contributed by atoms with E-state index in [4.69, 9.17) is 21.7 Å².